The third kappa shape index (κ3) is 30.0. The maximum Gasteiger partial charge on any atom is 0.305 e. The van der Waals surface area contributed by atoms with Crippen LogP contribution in [0.1, 0.15) is 112 Å². The molecule has 34 nitrogen and oxygen atoms in total. The molecular weight excluding hydrogens is 1720 g/mol. The Morgan fingerprint density at radius 3 is 1.55 bits per heavy atom. The van der Waals surface area contributed by atoms with Crippen molar-refractivity contribution in [2.24, 2.45) is 17.6 Å². The predicted octanol–water partition coefficient (Wildman–Crippen LogP) is 3.79. The van der Waals surface area contributed by atoms with Gasteiger partial charge in [-0.05, 0) is 111 Å². The van der Waals surface area contributed by atoms with E-state index < -0.39 is 205 Å². The Hall–Kier alpha value is -14.0. The molecule has 0 radical (unpaired) electrons. The van der Waals surface area contributed by atoms with E-state index in [9.17, 15) is 48.9 Å². The van der Waals surface area contributed by atoms with E-state index in [2.05, 4.69) is 47.9 Å². The minimum absolute atomic E-state index is 0.0244. The van der Waals surface area contributed by atoms with Crippen LogP contribution >= 0.6 is 11.8 Å². The van der Waals surface area contributed by atoms with Gasteiger partial charge in [-0.2, -0.15) is 0 Å². The number of carboxylic acids is 1. The van der Waals surface area contributed by atoms with Crippen molar-refractivity contribution in [1.82, 2.24) is 72.4 Å². The van der Waals surface area contributed by atoms with Crippen molar-refractivity contribution in [1.29, 1.82) is 0 Å². The van der Waals surface area contributed by atoms with Crippen molar-refractivity contribution in [3.63, 3.8) is 0 Å². The van der Waals surface area contributed by atoms with Crippen LogP contribution in [0.5, 0.6) is 11.5 Å². The fourth-order valence-corrected chi connectivity index (χ4v) is 16.9. The van der Waals surface area contributed by atoms with Crippen LogP contribution in [-0.4, -0.2) is 267 Å². The van der Waals surface area contributed by atoms with Gasteiger partial charge in [0.05, 0.1) is 31.8 Å². The third-order valence-electron chi connectivity index (χ3n) is 23.3. The summed E-state index contributed by atoms with van der Waals surface area (Å²) in [5.74, 6) is -17.4. The first-order chi connectivity index (χ1) is 63.4. The van der Waals surface area contributed by atoms with Crippen LogP contribution < -0.4 is 53.6 Å². The van der Waals surface area contributed by atoms with Crippen molar-refractivity contribution >= 4 is 123 Å². The van der Waals surface area contributed by atoms with Gasteiger partial charge in [0.15, 0.2) is 0 Å². The van der Waals surface area contributed by atoms with Gasteiger partial charge in [0, 0.05) is 79.5 Å². The first-order valence-electron chi connectivity index (χ1n) is 44.3. The number of hydrogen-bond acceptors (Lipinski definition) is 19. The topological polar surface area (TPSA) is 484 Å². The van der Waals surface area contributed by atoms with Gasteiger partial charge in [0.25, 0.3) is 0 Å². The molecule has 0 aromatic heterocycles. The van der Waals surface area contributed by atoms with Gasteiger partial charge in [0.1, 0.15) is 78.0 Å². The van der Waals surface area contributed by atoms with E-state index in [1.807, 2.05) is 55.5 Å². The summed E-state index contributed by atoms with van der Waals surface area (Å²) < 4.78 is 0. The number of allylic oxidation sites excluding steroid dienone is 1. The molecule has 35 heteroatoms. The number of hydrogen-bond donors (Lipinski definition) is 13. The van der Waals surface area contributed by atoms with Crippen molar-refractivity contribution in [3.8, 4) is 11.5 Å². The number of nitrogens with zero attached hydrogens (tertiary/aromatic N) is 5. The highest BCUT2D eigenvalue weighted by molar-refractivity contribution is 8.00. The number of phenols is 2. The average molecular weight is 1850 g/mol. The Morgan fingerprint density at radius 1 is 0.466 bits per heavy atom. The summed E-state index contributed by atoms with van der Waals surface area (Å²) >= 11 is 0.835. The summed E-state index contributed by atoms with van der Waals surface area (Å²) in [5.41, 5.74) is 10.3. The molecule has 7 aromatic rings. The second-order valence-corrected chi connectivity index (χ2v) is 35.5. The van der Waals surface area contributed by atoms with E-state index in [0.717, 1.165) is 48.4 Å². The Kier molecular flexibility index (Phi) is 38.1. The van der Waals surface area contributed by atoms with Crippen LogP contribution in [0.3, 0.4) is 0 Å². The van der Waals surface area contributed by atoms with Gasteiger partial charge < -0.3 is 93.4 Å². The predicted molar refractivity (Wildman–Crippen MR) is 500 cm³/mol. The molecule has 1 fully saturated rings. The number of phenolic OH excluding ortho intramolecular Hbond substituents is 2. The molecule has 1 saturated heterocycles. The minimum atomic E-state index is -1.91. The summed E-state index contributed by atoms with van der Waals surface area (Å²) in [6.45, 7) is 6.21. The summed E-state index contributed by atoms with van der Waals surface area (Å²) in [4.78, 5) is 242. The lowest BCUT2D eigenvalue weighted by Gasteiger charge is -2.37. The zero-order chi connectivity index (χ0) is 96.9. The number of fused-ring (bicyclic) bond motifs is 2. The molecular formula is C98H121N15O19S. The number of nitrogens with one attached hydrogen (secondary N) is 9. The van der Waals surface area contributed by atoms with E-state index in [-0.39, 0.29) is 68.8 Å². The van der Waals surface area contributed by atoms with Crippen molar-refractivity contribution in [2.45, 2.75) is 178 Å². The number of nitrogens with two attached hydrogens (primary N) is 1. The molecule has 133 heavy (non-hydrogen) atoms. The highest BCUT2D eigenvalue weighted by Gasteiger charge is 2.43. The molecule has 0 bridgehead atoms. The molecule has 0 unspecified atom stereocenters. The molecule has 0 saturated carbocycles. The Morgan fingerprint density at radius 2 is 0.955 bits per heavy atom. The van der Waals surface area contributed by atoms with Gasteiger partial charge in [-0.1, -0.05) is 205 Å². The molecule has 9 rings (SSSR count). The zero-order valence-electron chi connectivity index (χ0n) is 76.4. The number of unbranched alkanes of at least 4 members (excludes halogenated alkanes) is 1. The lowest BCUT2D eigenvalue weighted by molar-refractivity contribution is -0.151. The highest BCUT2D eigenvalue weighted by atomic mass is 32.2. The number of carbonyl (C=O) groups excluding carboxylic acids is 15. The number of benzene rings is 7. The molecule has 15 amide bonds. The normalized spacial score (nSPS) is 22.0. The van der Waals surface area contributed by atoms with Crippen molar-refractivity contribution < 1.29 is 92.0 Å². The zero-order valence-corrected chi connectivity index (χ0v) is 77.3. The van der Waals surface area contributed by atoms with Crippen LogP contribution in [0, 0.1) is 11.8 Å². The van der Waals surface area contributed by atoms with Crippen LogP contribution in [0.25, 0.3) is 16.3 Å². The number of thioether (sulfide) groups is 1. The fraction of sp³-hybridized carbons (Fsp3) is 0.408. The SMILES string of the molecule is CCCC[C@H]1C(=O)N(C)CC(=O)N[C@@H](CC(=O)O)C(=O)N[C@@H](C(C)C)C(=O)N(C)[C@@H](Cc2ccccc2)C(=O)N[C@@H](Cc2ccc(O)cc2)C(=O)N(C)CC(=O)N[C@@H](CC2=CCc3ccccc32)C(=O)N[C@@H](Cc2ccc(O)cc2)C(=O)N[C@@H](CC(C)C)C(=O)N[C@H](C(=O)NCC(N)=O)CSCC(=O)N[C@@H](Cc2cccc3ccccc23)C(=O)N(C)[C@@H](Cc2ccccc2)C(=O)N1C. The molecule has 1 aliphatic heterocycles. The van der Waals surface area contributed by atoms with Crippen LogP contribution in [0.4, 0.5) is 0 Å². The van der Waals surface area contributed by atoms with Crippen LogP contribution in [0.15, 0.2) is 182 Å². The standard InChI is InChI=1S/C98H121N15O19S/c1-11-12-34-79-96(130)110(7)55-84(118)102-75(52-86(120)121)92(126)108-87(59(4)5)98(132)112(9)80(48-60-24-15-13-16-25-60)93(127)106-76(47-63-37-43-69(115)44-38-63)94(128)109(6)54-83(117)101-74(50-67-40-39-65-29-20-22-33-71(65)67)91(125)105-73(46-62-35-41-68(114)42-36-62)90(124)104-72(45-58(2)3)89(123)107-78(88(122)100-53-82(99)116)56-133-57-85(119)103-77(51-66-31-23-30-64-28-19-21-32-70(64)66)95(129)113(10)81(97(131)111(79)8)49-61-26-17-14-18-27-61/h13-33,35-38,40-44,58-59,72-81,87,114-115H,11-12,34,39,45-57H2,1-10H3,(H2,99,116)(H,100,122)(H,101,117)(H,102,118)(H,103,119)(H,104,124)(H,105,125)(H,106,127)(H,107,123)(H,108,126)(H,120,121)/t72-,73-,74-,75-,76-,77-,78-,79-,80-,81-,87-/m0/s1. The number of amides is 15. The van der Waals surface area contributed by atoms with E-state index in [1.54, 1.807) is 113 Å². The molecule has 1 aliphatic carbocycles. The summed E-state index contributed by atoms with van der Waals surface area (Å²) in [6.07, 6.45) is 0.822. The lowest BCUT2D eigenvalue weighted by Crippen LogP contribution is -2.61. The summed E-state index contributed by atoms with van der Waals surface area (Å²) in [5, 5.41) is 56.8. The Balaban J connectivity index is 1.12. The highest BCUT2D eigenvalue weighted by Crippen LogP contribution is 2.32. The maximum atomic E-state index is 15.8. The van der Waals surface area contributed by atoms with Crippen molar-refractivity contribution in [2.75, 3.05) is 66.4 Å². The average Bonchev–Trinajstić information content (AvgIpc) is 1.69. The number of carbonyl (C=O) groups is 16. The number of likely N-dealkylation sites (N-methyl/N-ethyl adjacent to an activating group) is 5. The molecule has 1 heterocycles. The molecule has 0 spiro atoms. The van der Waals surface area contributed by atoms with E-state index in [0.29, 0.717) is 52.7 Å². The van der Waals surface area contributed by atoms with E-state index >= 15 is 43.2 Å². The molecule has 11 atom stereocenters. The molecule has 14 N–H and O–H groups in total. The first kappa shape index (κ1) is 103. The lowest BCUT2D eigenvalue weighted by atomic mass is 9.96. The largest absolute Gasteiger partial charge is 0.508 e. The van der Waals surface area contributed by atoms with Crippen LogP contribution in [0.2, 0.25) is 0 Å². The number of aromatic hydroxyl groups is 2. The second-order valence-electron chi connectivity index (χ2n) is 34.4. The number of rotatable bonds is 23. The summed E-state index contributed by atoms with van der Waals surface area (Å²) in [6, 6.07) is 31.8. The number of primary amides is 1. The molecule has 7 aromatic carbocycles. The Labute approximate surface area is 777 Å². The van der Waals surface area contributed by atoms with Crippen LogP contribution in [-0.2, 0) is 115 Å². The fourth-order valence-electron chi connectivity index (χ4n) is 16.0. The molecule has 2 aliphatic rings. The molecule has 708 valence electrons. The summed E-state index contributed by atoms with van der Waals surface area (Å²) in [7, 11) is 6.58. The first-order valence-corrected chi connectivity index (χ1v) is 45.5. The maximum absolute atomic E-state index is 15.8. The van der Waals surface area contributed by atoms with Gasteiger partial charge in [-0.25, -0.2) is 0 Å². The third-order valence-corrected chi connectivity index (χ3v) is 24.4. The Bertz CT molecular complexity index is 5350. The quantitative estimate of drug-likeness (QED) is 0.0433. The van der Waals surface area contributed by atoms with E-state index in [1.165, 1.54) is 93.6 Å². The van der Waals surface area contributed by atoms with Gasteiger partial charge in [-0.15, -0.1) is 11.8 Å². The van der Waals surface area contributed by atoms with Gasteiger partial charge in [-0.3, -0.25) is 76.7 Å². The number of aliphatic carboxylic acids is 1. The van der Waals surface area contributed by atoms with Gasteiger partial charge in [0.2, 0.25) is 88.6 Å². The van der Waals surface area contributed by atoms with Crippen molar-refractivity contribution in [3.05, 3.63) is 221 Å². The second kappa shape index (κ2) is 49.3. The van der Waals surface area contributed by atoms with E-state index in [4.69, 9.17) is 5.73 Å². The van der Waals surface area contributed by atoms with Gasteiger partial charge >= 0.3 is 5.97 Å². The smallest absolute Gasteiger partial charge is 0.305 e. The number of carboxylic acid groups (broad SMARTS) is 1. The monoisotopic (exact) mass is 1840 g/mol. The minimum Gasteiger partial charge on any atom is -0.508 e.